The summed E-state index contributed by atoms with van der Waals surface area (Å²) in [5.41, 5.74) is 8.60. The van der Waals surface area contributed by atoms with E-state index in [2.05, 4.69) is 4.98 Å². The van der Waals surface area contributed by atoms with Crippen LogP contribution in [0.4, 0.5) is 0 Å². The third-order valence-electron chi connectivity index (χ3n) is 2.85. The van der Waals surface area contributed by atoms with Gasteiger partial charge in [0, 0.05) is 17.1 Å². The second-order valence-corrected chi connectivity index (χ2v) is 4.11. The van der Waals surface area contributed by atoms with Crippen molar-refractivity contribution in [2.45, 2.75) is 26.3 Å². The Morgan fingerprint density at radius 3 is 2.75 bits per heavy atom. The Balaban J connectivity index is 2.68. The number of pyridine rings is 1. The molecule has 1 heterocycles. The highest BCUT2D eigenvalue weighted by Crippen LogP contribution is 2.17. The van der Waals surface area contributed by atoms with Gasteiger partial charge in [-0.2, -0.15) is 0 Å². The van der Waals surface area contributed by atoms with Crippen LogP contribution >= 0.6 is 0 Å². The Hall–Kier alpha value is -1.61. The van der Waals surface area contributed by atoms with Crippen molar-refractivity contribution in [3.8, 4) is 0 Å². The molecule has 1 atom stereocenters. The monoisotopic (exact) mass is 216 g/mol. The van der Waals surface area contributed by atoms with Gasteiger partial charge in [0.05, 0.1) is 0 Å². The highest BCUT2D eigenvalue weighted by molar-refractivity contribution is 5.79. The van der Waals surface area contributed by atoms with E-state index in [0.717, 1.165) is 28.5 Å². The highest BCUT2D eigenvalue weighted by atomic mass is 16.1. The predicted molar refractivity (Wildman–Crippen MR) is 66.5 cm³/mol. The smallest absolute Gasteiger partial charge is 0.251 e. The van der Waals surface area contributed by atoms with E-state index in [1.165, 1.54) is 0 Å². The number of fused-ring (bicyclic) bond motifs is 1. The molecule has 84 valence electrons. The molecular formula is C13H16N2O. The zero-order valence-electron chi connectivity index (χ0n) is 9.58. The number of nitrogens with two attached hydrogens (primary N) is 1. The Bertz CT molecular complexity index is 570. The summed E-state index contributed by atoms with van der Waals surface area (Å²) in [5.74, 6) is 0. The molecule has 1 aromatic heterocycles. The minimum Gasteiger partial charge on any atom is -0.324 e. The van der Waals surface area contributed by atoms with Crippen LogP contribution in [-0.2, 0) is 6.42 Å². The fourth-order valence-corrected chi connectivity index (χ4v) is 1.82. The molecule has 3 nitrogen and oxygen atoms in total. The van der Waals surface area contributed by atoms with Crippen molar-refractivity contribution in [2.75, 3.05) is 0 Å². The summed E-state index contributed by atoms with van der Waals surface area (Å²) in [6.07, 6.45) is 0.744. The highest BCUT2D eigenvalue weighted by Gasteiger charge is 2.04. The maximum absolute atomic E-state index is 11.6. The molecule has 1 aromatic carbocycles. The molecule has 0 radical (unpaired) electrons. The molecule has 0 saturated heterocycles. The summed E-state index contributed by atoms with van der Waals surface area (Å²) in [5, 5.41) is 1.05. The molecule has 1 unspecified atom stereocenters. The number of hydrogen-bond donors (Lipinski definition) is 2. The normalized spacial score (nSPS) is 12.9. The van der Waals surface area contributed by atoms with Gasteiger partial charge in [0.25, 0.3) is 5.56 Å². The van der Waals surface area contributed by atoms with Crippen LogP contribution in [0.2, 0.25) is 0 Å². The molecule has 3 N–H and O–H groups in total. The lowest BCUT2D eigenvalue weighted by molar-refractivity contribution is 0.820. The minimum absolute atomic E-state index is 0.00328. The fraction of sp³-hybridized carbons (Fsp3) is 0.308. The minimum atomic E-state index is 0.00328. The van der Waals surface area contributed by atoms with Crippen LogP contribution in [-0.4, -0.2) is 4.98 Å². The lowest BCUT2D eigenvalue weighted by Crippen LogP contribution is -2.11. The van der Waals surface area contributed by atoms with E-state index < -0.39 is 0 Å². The first-order chi connectivity index (χ1) is 7.61. The van der Waals surface area contributed by atoms with Gasteiger partial charge in [-0.05, 0) is 42.5 Å². The van der Waals surface area contributed by atoms with Crippen LogP contribution in [0, 0.1) is 0 Å². The van der Waals surface area contributed by atoms with Gasteiger partial charge < -0.3 is 10.7 Å². The van der Waals surface area contributed by atoms with Crippen molar-refractivity contribution < 1.29 is 0 Å². The third-order valence-corrected chi connectivity index (χ3v) is 2.85. The fourth-order valence-electron chi connectivity index (χ4n) is 1.82. The van der Waals surface area contributed by atoms with E-state index in [4.69, 9.17) is 5.73 Å². The average Bonchev–Trinajstić information content (AvgIpc) is 2.27. The van der Waals surface area contributed by atoms with Crippen LogP contribution in [0.3, 0.4) is 0 Å². The standard InChI is InChI=1S/C13H16N2O/c1-3-9-6-11-7-10(8(2)14)4-5-12(11)15-13(9)16/h4-8H,3,14H2,1-2H3,(H,15,16). The lowest BCUT2D eigenvalue weighted by atomic mass is 10.0. The van der Waals surface area contributed by atoms with E-state index in [-0.39, 0.29) is 11.6 Å². The maximum Gasteiger partial charge on any atom is 0.251 e. The zero-order chi connectivity index (χ0) is 11.7. The van der Waals surface area contributed by atoms with Crippen LogP contribution in [0.1, 0.15) is 31.0 Å². The van der Waals surface area contributed by atoms with Gasteiger partial charge in [-0.1, -0.05) is 13.0 Å². The van der Waals surface area contributed by atoms with Crippen LogP contribution in [0.5, 0.6) is 0 Å². The molecule has 3 heteroatoms. The van der Waals surface area contributed by atoms with Crippen molar-refractivity contribution in [2.24, 2.45) is 5.73 Å². The van der Waals surface area contributed by atoms with E-state index >= 15 is 0 Å². The number of hydrogen-bond acceptors (Lipinski definition) is 2. The van der Waals surface area contributed by atoms with Crippen molar-refractivity contribution in [1.82, 2.24) is 4.98 Å². The molecule has 0 aliphatic carbocycles. The summed E-state index contributed by atoms with van der Waals surface area (Å²) < 4.78 is 0. The molecule has 0 spiro atoms. The van der Waals surface area contributed by atoms with E-state index in [0.29, 0.717) is 0 Å². The number of rotatable bonds is 2. The topological polar surface area (TPSA) is 58.9 Å². The Morgan fingerprint density at radius 1 is 1.38 bits per heavy atom. The first-order valence-electron chi connectivity index (χ1n) is 5.53. The van der Waals surface area contributed by atoms with Crippen molar-refractivity contribution >= 4 is 10.9 Å². The average molecular weight is 216 g/mol. The number of nitrogens with one attached hydrogen (secondary N) is 1. The maximum atomic E-state index is 11.6. The SMILES string of the molecule is CCc1cc2cc(C(C)N)ccc2[nH]c1=O. The first kappa shape index (κ1) is 10.9. The Kier molecular flexibility index (Phi) is 2.79. The van der Waals surface area contributed by atoms with Crippen molar-refractivity contribution in [3.63, 3.8) is 0 Å². The Morgan fingerprint density at radius 2 is 2.12 bits per heavy atom. The van der Waals surface area contributed by atoms with Gasteiger partial charge in [0.2, 0.25) is 0 Å². The molecule has 0 aliphatic rings. The summed E-state index contributed by atoms with van der Waals surface area (Å²) >= 11 is 0. The van der Waals surface area contributed by atoms with Crippen molar-refractivity contribution in [1.29, 1.82) is 0 Å². The molecule has 2 aromatic rings. The van der Waals surface area contributed by atoms with Crippen LogP contribution in [0.15, 0.2) is 29.1 Å². The zero-order valence-corrected chi connectivity index (χ0v) is 9.58. The van der Waals surface area contributed by atoms with Gasteiger partial charge in [-0.15, -0.1) is 0 Å². The number of H-pyrrole nitrogens is 1. The first-order valence-corrected chi connectivity index (χ1v) is 5.53. The number of aromatic nitrogens is 1. The lowest BCUT2D eigenvalue weighted by Gasteiger charge is -2.07. The van der Waals surface area contributed by atoms with Crippen LogP contribution in [0.25, 0.3) is 10.9 Å². The molecule has 0 aliphatic heterocycles. The van der Waals surface area contributed by atoms with Gasteiger partial charge in [-0.25, -0.2) is 0 Å². The van der Waals surface area contributed by atoms with E-state index in [9.17, 15) is 4.79 Å². The quantitative estimate of drug-likeness (QED) is 0.807. The summed E-state index contributed by atoms with van der Waals surface area (Å²) in [6.45, 7) is 3.93. The van der Waals surface area contributed by atoms with Gasteiger partial charge >= 0.3 is 0 Å². The second kappa shape index (κ2) is 4.10. The van der Waals surface area contributed by atoms with Gasteiger partial charge in [0.15, 0.2) is 0 Å². The number of aryl methyl sites for hydroxylation is 1. The van der Waals surface area contributed by atoms with Crippen molar-refractivity contribution in [3.05, 3.63) is 45.7 Å². The third kappa shape index (κ3) is 1.86. The number of benzene rings is 1. The van der Waals surface area contributed by atoms with Crippen LogP contribution < -0.4 is 11.3 Å². The number of aromatic amines is 1. The molecule has 0 saturated carbocycles. The molecule has 2 rings (SSSR count). The summed E-state index contributed by atoms with van der Waals surface area (Å²) in [7, 11) is 0. The largest absolute Gasteiger partial charge is 0.324 e. The summed E-state index contributed by atoms with van der Waals surface area (Å²) in [6, 6.07) is 7.86. The van der Waals surface area contributed by atoms with E-state index in [1.54, 1.807) is 0 Å². The molecule has 0 amide bonds. The summed E-state index contributed by atoms with van der Waals surface area (Å²) in [4.78, 5) is 14.5. The molecule has 16 heavy (non-hydrogen) atoms. The molecule has 0 bridgehead atoms. The molecule has 0 fully saturated rings. The van der Waals surface area contributed by atoms with Gasteiger partial charge in [0.1, 0.15) is 0 Å². The molecular weight excluding hydrogens is 200 g/mol. The van der Waals surface area contributed by atoms with Gasteiger partial charge in [-0.3, -0.25) is 4.79 Å². The van der Waals surface area contributed by atoms with E-state index in [1.807, 2.05) is 38.1 Å². The predicted octanol–water partition coefficient (Wildman–Crippen LogP) is 2.11. The Labute approximate surface area is 94.3 Å². The second-order valence-electron chi connectivity index (χ2n) is 4.11.